The van der Waals surface area contributed by atoms with Crippen LogP contribution in [0.5, 0.6) is 11.5 Å². The third-order valence-electron chi connectivity index (χ3n) is 2.92. The molecule has 1 heterocycles. The molecule has 1 aromatic rings. The van der Waals surface area contributed by atoms with Crippen molar-refractivity contribution in [2.24, 2.45) is 5.92 Å². The Kier molecular flexibility index (Phi) is 3.21. The van der Waals surface area contributed by atoms with Gasteiger partial charge in [0, 0.05) is 0 Å². The molecule has 0 aliphatic carbocycles. The molecule has 3 nitrogen and oxygen atoms in total. The van der Waals surface area contributed by atoms with Gasteiger partial charge in [-0.25, -0.2) is 4.39 Å². The Bertz CT molecular complexity index is 405. The van der Waals surface area contributed by atoms with Gasteiger partial charge >= 0.3 is 0 Å². The van der Waals surface area contributed by atoms with E-state index >= 15 is 0 Å². The molecule has 0 saturated carbocycles. The van der Waals surface area contributed by atoms with Crippen molar-refractivity contribution in [1.29, 1.82) is 0 Å². The molecular weight excluding hydrogens is 233 g/mol. The molecule has 1 aliphatic heterocycles. The molecule has 1 atom stereocenters. The van der Waals surface area contributed by atoms with Crippen LogP contribution < -0.4 is 5.32 Å². The minimum Gasteiger partial charge on any atom is -0.506 e. The Morgan fingerprint density at radius 2 is 2.19 bits per heavy atom. The molecule has 2 rings (SSSR count). The van der Waals surface area contributed by atoms with E-state index in [4.69, 9.17) is 11.6 Å². The number of phenolic OH excluding ortho intramolecular Hbond substituents is 2. The highest BCUT2D eigenvalue weighted by Crippen LogP contribution is 2.38. The lowest BCUT2D eigenvalue weighted by molar-refractivity contribution is 0.413. The fourth-order valence-corrected chi connectivity index (χ4v) is 2.21. The number of nitrogens with one attached hydrogen (secondary N) is 1. The Balaban J connectivity index is 2.26. The third-order valence-corrected chi connectivity index (χ3v) is 3.28. The minimum absolute atomic E-state index is 0.215. The summed E-state index contributed by atoms with van der Waals surface area (Å²) in [6, 6.07) is 1.15. The Labute approximate surface area is 97.9 Å². The van der Waals surface area contributed by atoms with E-state index in [-0.39, 0.29) is 10.8 Å². The number of halogens is 2. The topological polar surface area (TPSA) is 52.5 Å². The van der Waals surface area contributed by atoms with Crippen LogP contribution in [-0.2, 0) is 6.42 Å². The molecular formula is C11H13ClFNO2. The summed E-state index contributed by atoms with van der Waals surface area (Å²) in [6.07, 6.45) is 1.56. The van der Waals surface area contributed by atoms with Gasteiger partial charge in [-0.1, -0.05) is 11.6 Å². The fraction of sp³-hybridized carbons (Fsp3) is 0.455. The van der Waals surface area contributed by atoms with Gasteiger partial charge in [-0.3, -0.25) is 0 Å². The van der Waals surface area contributed by atoms with Gasteiger partial charge in [-0.2, -0.15) is 0 Å². The first-order chi connectivity index (χ1) is 7.59. The summed E-state index contributed by atoms with van der Waals surface area (Å²) in [5, 5.41) is 21.8. The molecule has 0 radical (unpaired) electrons. The minimum atomic E-state index is -0.788. The van der Waals surface area contributed by atoms with E-state index in [0.29, 0.717) is 17.9 Å². The highest BCUT2D eigenvalue weighted by atomic mass is 35.5. The summed E-state index contributed by atoms with van der Waals surface area (Å²) >= 11 is 5.62. The van der Waals surface area contributed by atoms with Crippen molar-refractivity contribution in [2.75, 3.05) is 13.1 Å². The zero-order valence-electron chi connectivity index (χ0n) is 8.63. The highest BCUT2D eigenvalue weighted by Gasteiger charge is 2.20. The average Bonchev–Trinajstić information content (AvgIpc) is 2.76. The standard InChI is InChI=1S/C11H13ClFNO2/c12-9-10(15)7(4-8(13)11(9)16)3-6-1-2-14-5-6/h4,6,14-16H,1-3,5H2. The molecule has 1 fully saturated rings. The molecule has 16 heavy (non-hydrogen) atoms. The van der Waals surface area contributed by atoms with Gasteiger partial charge in [0.25, 0.3) is 0 Å². The summed E-state index contributed by atoms with van der Waals surface area (Å²) in [5.74, 6) is -1.31. The van der Waals surface area contributed by atoms with Gasteiger partial charge in [-0.05, 0) is 43.5 Å². The van der Waals surface area contributed by atoms with Crippen LogP contribution in [-0.4, -0.2) is 23.3 Å². The maximum Gasteiger partial charge on any atom is 0.174 e. The van der Waals surface area contributed by atoms with Gasteiger partial charge < -0.3 is 15.5 Å². The number of rotatable bonds is 2. The maximum absolute atomic E-state index is 13.2. The number of phenols is 2. The smallest absolute Gasteiger partial charge is 0.174 e. The molecule has 1 aromatic carbocycles. The Morgan fingerprint density at radius 3 is 2.81 bits per heavy atom. The van der Waals surface area contributed by atoms with Crippen molar-refractivity contribution in [1.82, 2.24) is 5.32 Å². The van der Waals surface area contributed by atoms with Crippen LogP contribution in [0.25, 0.3) is 0 Å². The number of hydrogen-bond donors (Lipinski definition) is 3. The van der Waals surface area contributed by atoms with E-state index in [2.05, 4.69) is 5.32 Å². The van der Waals surface area contributed by atoms with Gasteiger partial charge in [-0.15, -0.1) is 0 Å². The van der Waals surface area contributed by atoms with Crippen molar-refractivity contribution in [3.05, 3.63) is 22.5 Å². The number of aromatic hydroxyl groups is 2. The summed E-state index contributed by atoms with van der Waals surface area (Å²) in [6.45, 7) is 1.80. The van der Waals surface area contributed by atoms with Crippen LogP contribution in [0.4, 0.5) is 4.39 Å². The van der Waals surface area contributed by atoms with E-state index < -0.39 is 11.6 Å². The van der Waals surface area contributed by atoms with Gasteiger partial charge in [0.1, 0.15) is 10.8 Å². The first-order valence-electron chi connectivity index (χ1n) is 5.19. The van der Waals surface area contributed by atoms with Crippen molar-refractivity contribution in [2.45, 2.75) is 12.8 Å². The Hall–Kier alpha value is -1.00. The van der Waals surface area contributed by atoms with E-state index in [9.17, 15) is 14.6 Å². The molecule has 5 heteroatoms. The SMILES string of the molecule is Oc1c(F)cc(CC2CCNC2)c(O)c1Cl. The van der Waals surface area contributed by atoms with Crippen LogP contribution in [0.15, 0.2) is 6.07 Å². The first kappa shape index (κ1) is 11.5. The van der Waals surface area contributed by atoms with E-state index in [1.165, 1.54) is 0 Å². The van der Waals surface area contributed by atoms with Gasteiger partial charge in [0.2, 0.25) is 0 Å². The van der Waals surface area contributed by atoms with Gasteiger partial charge in [0.05, 0.1) is 0 Å². The van der Waals surface area contributed by atoms with E-state index in [1.54, 1.807) is 0 Å². The maximum atomic E-state index is 13.2. The summed E-state index contributed by atoms with van der Waals surface area (Å²) in [7, 11) is 0. The Morgan fingerprint density at radius 1 is 1.44 bits per heavy atom. The third kappa shape index (κ3) is 2.08. The zero-order chi connectivity index (χ0) is 11.7. The second-order valence-corrected chi connectivity index (χ2v) is 4.47. The lowest BCUT2D eigenvalue weighted by Gasteiger charge is -2.12. The second-order valence-electron chi connectivity index (χ2n) is 4.09. The van der Waals surface area contributed by atoms with Crippen molar-refractivity contribution in [3.63, 3.8) is 0 Å². The molecule has 1 aliphatic rings. The van der Waals surface area contributed by atoms with Crippen molar-refractivity contribution < 1.29 is 14.6 Å². The van der Waals surface area contributed by atoms with Crippen LogP contribution in [0.2, 0.25) is 5.02 Å². The lowest BCUT2D eigenvalue weighted by Crippen LogP contribution is -2.11. The predicted molar refractivity (Wildman–Crippen MR) is 59.4 cm³/mol. The van der Waals surface area contributed by atoms with Crippen molar-refractivity contribution >= 4 is 11.6 Å². The van der Waals surface area contributed by atoms with Crippen LogP contribution in [0.3, 0.4) is 0 Å². The number of hydrogen-bond acceptors (Lipinski definition) is 3. The van der Waals surface area contributed by atoms with Crippen LogP contribution in [0, 0.1) is 11.7 Å². The lowest BCUT2D eigenvalue weighted by atomic mass is 9.98. The van der Waals surface area contributed by atoms with Crippen LogP contribution in [0.1, 0.15) is 12.0 Å². The monoisotopic (exact) mass is 245 g/mol. The first-order valence-corrected chi connectivity index (χ1v) is 5.57. The largest absolute Gasteiger partial charge is 0.506 e. The highest BCUT2D eigenvalue weighted by molar-refractivity contribution is 6.33. The van der Waals surface area contributed by atoms with Crippen molar-refractivity contribution in [3.8, 4) is 11.5 Å². The second kappa shape index (κ2) is 4.47. The number of benzene rings is 1. The zero-order valence-corrected chi connectivity index (χ0v) is 9.39. The average molecular weight is 246 g/mol. The molecule has 0 aromatic heterocycles. The summed E-state index contributed by atoms with van der Waals surface area (Å²) in [5.41, 5.74) is 0.453. The molecule has 1 saturated heterocycles. The molecule has 0 amide bonds. The van der Waals surface area contributed by atoms with E-state index in [1.807, 2.05) is 0 Å². The summed E-state index contributed by atoms with van der Waals surface area (Å²) in [4.78, 5) is 0. The predicted octanol–water partition coefficient (Wildman–Crippen LogP) is 2.04. The molecule has 1 unspecified atom stereocenters. The molecule has 3 N–H and O–H groups in total. The molecule has 0 bridgehead atoms. The van der Waals surface area contributed by atoms with Crippen LogP contribution >= 0.6 is 11.6 Å². The molecule has 88 valence electrons. The molecule has 0 spiro atoms. The normalized spacial score (nSPS) is 20.2. The quantitative estimate of drug-likeness (QED) is 0.748. The van der Waals surface area contributed by atoms with Gasteiger partial charge in [0.15, 0.2) is 11.6 Å². The summed E-state index contributed by atoms with van der Waals surface area (Å²) < 4.78 is 13.2. The van der Waals surface area contributed by atoms with E-state index in [0.717, 1.165) is 25.6 Å². The fourth-order valence-electron chi connectivity index (χ4n) is 2.00.